The molecule has 1 fully saturated rings. The van der Waals surface area contributed by atoms with Crippen LogP contribution in [-0.2, 0) is 29.3 Å². The first-order valence-corrected chi connectivity index (χ1v) is 15.1. The third-order valence-corrected chi connectivity index (χ3v) is 8.46. The van der Waals surface area contributed by atoms with E-state index in [0.29, 0.717) is 11.5 Å². The maximum atomic E-state index is 12.9. The number of aromatic amines is 1. The minimum atomic E-state index is -1.17. The zero-order valence-electron chi connectivity index (χ0n) is 25.1. The molecule has 1 N–H and O–H groups in total. The second-order valence-electron chi connectivity index (χ2n) is 10.3. The largest absolute Gasteiger partial charge is 0.497 e. The Morgan fingerprint density at radius 1 is 0.867 bits per heavy atom. The van der Waals surface area contributed by atoms with Crippen LogP contribution in [0.25, 0.3) is 0 Å². The third-order valence-electron chi connectivity index (χ3n) is 7.70. The molecule has 0 bridgehead atoms. The van der Waals surface area contributed by atoms with Gasteiger partial charge in [0.2, 0.25) is 0 Å². The van der Waals surface area contributed by atoms with E-state index in [2.05, 4.69) is 4.98 Å². The highest BCUT2D eigenvalue weighted by Crippen LogP contribution is 2.43. The minimum absolute atomic E-state index is 0.0868. The number of methoxy groups -OCH3 is 3. The van der Waals surface area contributed by atoms with Crippen LogP contribution >= 0.6 is 22.6 Å². The van der Waals surface area contributed by atoms with Gasteiger partial charge in [0.25, 0.3) is 5.56 Å². The molecule has 11 nitrogen and oxygen atoms in total. The lowest BCUT2D eigenvalue weighted by Gasteiger charge is -2.37. The molecule has 12 heteroatoms. The number of nitrogens with zero attached hydrogens (tertiary/aromatic N) is 1. The van der Waals surface area contributed by atoms with Gasteiger partial charge in [-0.15, -0.1) is 0 Å². The number of ether oxygens (including phenoxy) is 6. The van der Waals surface area contributed by atoms with Crippen molar-refractivity contribution in [1.82, 2.24) is 9.55 Å². The van der Waals surface area contributed by atoms with E-state index in [9.17, 15) is 14.4 Å². The van der Waals surface area contributed by atoms with Crippen molar-refractivity contribution in [2.45, 2.75) is 37.1 Å². The lowest BCUT2D eigenvalue weighted by atomic mass is 9.80. The van der Waals surface area contributed by atoms with Crippen molar-refractivity contribution in [3.63, 3.8) is 0 Å². The zero-order chi connectivity index (χ0) is 32.1. The number of nitrogens with one attached hydrogen (secondary N) is 1. The molecule has 1 saturated heterocycles. The molecular weight excluding hydrogens is 695 g/mol. The number of halogens is 1. The Labute approximate surface area is 273 Å². The van der Waals surface area contributed by atoms with Gasteiger partial charge in [-0.2, -0.15) is 0 Å². The number of H-pyrrole nitrogens is 1. The molecule has 45 heavy (non-hydrogen) atoms. The van der Waals surface area contributed by atoms with E-state index in [4.69, 9.17) is 28.4 Å². The quantitative estimate of drug-likeness (QED) is 0.139. The SMILES string of the molecule is COc1ccc(C(OCC2OC(n3cc(I)c(=O)[nH]c3=O)C(OC)C2OC(C)=O)(c2ccccc2)c2ccc(OC)cc2)cc1. The third kappa shape index (κ3) is 6.54. The summed E-state index contributed by atoms with van der Waals surface area (Å²) in [7, 11) is 4.64. The molecule has 1 aliphatic rings. The van der Waals surface area contributed by atoms with Crippen molar-refractivity contribution in [3.8, 4) is 11.5 Å². The number of benzene rings is 3. The summed E-state index contributed by atoms with van der Waals surface area (Å²) in [6.45, 7) is 1.20. The van der Waals surface area contributed by atoms with Gasteiger partial charge in [-0.25, -0.2) is 4.79 Å². The Morgan fingerprint density at radius 3 is 1.93 bits per heavy atom. The standard InChI is InChI=1S/C33H33IN2O9/c1-20(37)44-28-27(45-31(29(28)42-4)36-18-26(34)30(38)35-32(36)39)19-43-33(21-8-6-5-7-9-21,22-10-14-24(40-2)15-11-22)23-12-16-25(41-3)17-13-23/h5-18,27-29,31H,19H2,1-4H3,(H,35,38,39). The average Bonchev–Trinajstić information content (AvgIpc) is 3.40. The maximum Gasteiger partial charge on any atom is 0.330 e. The monoisotopic (exact) mass is 728 g/mol. The summed E-state index contributed by atoms with van der Waals surface area (Å²) >= 11 is 1.83. The normalized spacial score (nSPS) is 19.7. The van der Waals surface area contributed by atoms with E-state index in [1.165, 1.54) is 24.8 Å². The fourth-order valence-corrected chi connectivity index (χ4v) is 6.02. The molecule has 0 saturated carbocycles. The van der Waals surface area contributed by atoms with E-state index >= 15 is 0 Å². The molecular formula is C33H33IN2O9. The van der Waals surface area contributed by atoms with Crippen LogP contribution in [0.5, 0.6) is 11.5 Å². The highest BCUT2D eigenvalue weighted by atomic mass is 127. The second-order valence-corrected chi connectivity index (χ2v) is 11.5. The molecule has 0 aliphatic carbocycles. The number of hydrogen-bond acceptors (Lipinski definition) is 9. The first-order chi connectivity index (χ1) is 21.7. The van der Waals surface area contributed by atoms with Crippen molar-refractivity contribution >= 4 is 28.6 Å². The van der Waals surface area contributed by atoms with Gasteiger partial charge in [0.05, 0.1) is 24.4 Å². The number of esters is 1. The summed E-state index contributed by atoms with van der Waals surface area (Å²) in [5, 5.41) is 0. The van der Waals surface area contributed by atoms with Crippen LogP contribution in [0.3, 0.4) is 0 Å². The van der Waals surface area contributed by atoms with Crippen molar-refractivity contribution < 1.29 is 33.2 Å². The fourth-order valence-electron chi connectivity index (χ4n) is 5.58. The molecule has 2 heterocycles. The molecule has 4 unspecified atom stereocenters. The Bertz CT molecular complexity index is 1680. The first kappa shape index (κ1) is 32.4. The number of hydrogen-bond donors (Lipinski definition) is 1. The number of aromatic nitrogens is 2. The highest BCUT2D eigenvalue weighted by Gasteiger charge is 2.50. The van der Waals surface area contributed by atoms with Crippen LogP contribution in [0, 0.1) is 3.57 Å². The summed E-state index contributed by atoms with van der Waals surface area (Å²) in [6.07, 6.45) is -2.36. The van der Waals surface area contributed by atoms with E-state index in [-0.39, 0.29) is 10.2 Å². The van der Waals surface area contributed by atoms with Gasteiger partial charge in [0.1, 0.15) is 29.3 Å². The highest BCUT2D eigenvalue weighted by molar-refractivity contribution is 14.1. The van der Waals surface area contributed by atoms with Crippen molar-refractivity contribution in [2.24, 2.45) is 0 Å². The topological polar surface area (TPSA) is 127 Å². The maximum absolute atomic E-state index is 12.9. The van der Waals surface area contributed by atoms with Crippen molar-refractivity contribution in [2.75, 3.05) is 27.9 Å². The van der Waals surface area contributed by atoms with Crippen LogP contribution in [0.1, 0.15) is 29.8 Å². The summed E-state index contributed by atoms with van der Waals surface area (Å²) in [5.41, 5.74) is 0.0431. The van der Waals surface area contributed by atoms with Crippen LogP contribution < -0.4 is 20.7 Å². The van der Waals surface area contributed by atoms with Crippen LogP contribution in [-0.4, -0.2) is 61.8 Å². The molecule has 1 aromatic heterocycles. The predicted octanol–water partition coefficient (Wildman–Crippen LogP) is 4.01. The first-order valence-electron chi connectivity index (χ1n) is 14.1. The van der Waals surface area contributed by atoms with Crippen molar-refractivity contribution in [3.05, 3.63) is 126 Å². The van der Waals surface area contributed by atoms with E-state index < -0.39 is 47.4 Å². The van der Waals surface area contributed by atoms with E-state index in [0.717, 1.165) is 16.7 Å². The predicted molar refractivity (Wildman–Crippen MR) is 173 cm³/mol. The molecule has 4 aromatic rings. The molecule has 5 rings (SSSR count). The van der Waals surface area contributed by atoms with Crippen LogP contribution in [0.15, 0.2) is 94.6 Å². The molecule has 4 atom stereocenters. The molecule has 236 valence electrons. The molecule has 3 aromatic carbocycles. The summed E-state index contributed by atoms with van der Waals surface area (Å²) < 4.78 is 37.2. The zero-order valence-corrected chi connectivity index (χ0v) is 27.3. The van der Waals surface area contributed by atoms with Gasteiger partial charge in [0, 0.05) is 20.2 Å². The van der Waals surface area contributed by atoms with Crippen LogP contribution in [0.4, 0.5) is 0 Å². The van der Waals surface area contributed by atoms with Gasteiger partial charge in [-0.3, -0.25) is 19.1 Å². The molecule has 0 amide bonds. The molecule has 1 aliphatic heterocycles. The van der Waals surface area contributed by atoms with Gasteiger partial charge in [0.15, 0.2) is 12.3 Å². The van der Waals surface area contributed by atoms with Gasteiger partial charge in [-0.1, -0.05) is 54.6 Å². The Morgan fingerprint density at radius 2 is 1.42 bits per heavy atom. The van der Waals surface area contributed by atoms with E-state index in [1.807, 2.05) is 101 Å². The lowest BCUT2D eigenvalue weighted by molar-refractivity contribution is -0.157. The van der Waals surface area contributed by atoms with Crippen LogP contribution in [0.2, 0.25) is 0 Å². The number of carbonyl (C=O) groups excluding carboxylic acids is 1. The van der Waals surface area contributed by atoms with Gasteiger partial charge in [-0.05, 0) is 63.5 Å². The summed E-state index contributed by atoms with van der Waals surface area (Å²) in [6, 6.07) is 24.8. The minimum Gasteiger partial charge on any atom is -0.497 e. The average molecular weight is 729 g/mol. The number of carbonyl (C=O) groups is 1. The smallest absolute Gasteiger partial charge is 0.330 e. The lowest BCUT2D eigenvalue weighted by Crippen LogP contribution is -2.42. The van der Waals surface area contributed by atoms with Crippen molar-refractivity contribution in [1.29, 1.82) is 0 Å². The Kier molecular flexibility index (Phi) is 10.1. The van der Waals surface area contributed by atoms with Gasteiger partial charge < -0.3 is 28.4 Å². The van der Waals surface area contributed by atoms with Gasteiger partial charge >= 0.3 is 11.7 Å². The molecule has 0 spiro atoms. The fraction of sp³-hybridized carbons (Fsp3) is 0.303. The molecule has 0 radical (unpaired) electrons. The van der Waals surface area contributed by atoms with E-state index in [1.54, 1.807) is 14.2 Å². The Hall–Kier alpha value is -3.98. The second kappa shape index (κ2) is 14.0. The number of rotatable bonds is 11. The summed E-state index contributed by atoms with van der Waals surface area (Å²) in [4.78, 5) is 39.5. The Balaban J connectivity index is 1.62. The summed E-state index contributed by atoms with van der Waals surface area (Å²) in [5.74, 6) is 0.798.